The van der Waals surface area contributed by atoms with Gasteiger partial charge in [-0.25, -0.2) is 29.9 Å². The number of hydrogen-bond acceptors (Lipinski definition) is 9. The maximum absolute atomic E-state index is 13.8. The van der Waals surface area contributed by atoms with Gasteiger partial charge < -0.3 is 5.32 Å². The van der Waals surface area contributed by atoms with Crippen LogP contribution in [0.2, 0.25) is 0 Å². The molecule has 1 N–H and O–H groups in total. The molecule has 0 bridgehead atoms. The van der Waals surface area contributed by atoms with Gasteiger partial charge in [-0.15, -0.1) is 11.8 Å². The molecule has 0 amide bonds. The predicted molar refractivity (Wildman–Crippen MR) is 145 cm³/mol. The monoisotopic (exact) mass is 514 g/mol. The second-order valence-electron chi connectivity index (χ2n) is 9.90. The minimum absolute atomic E-state index is 0.0179. The Bertz CT molecular complexity index is 1510. The van der Waals surface area contributed by atoms with Crippen LogP contribution in [0.5, 0.6) is 0 Å². The summed E-state index contributed by atoms with van der Waals surface area (Å²) in [6.07, 6.45) is 9.64. The molecule has 2 aliphatic rings. The molecule has 0 aliphatic heterocycles. The maximum Gasteiger partial charge on any atom is 0.295 e. The van der Waals surface area contributed by atoms with E-state index >= 15 is 0 Å². The van der Waals surface area contributed by atoms with Gasteiger partial charge in [0.25, 0.3) is 5.56 Å². The van der Waals surface area contributed by atoms with Crippen molar-refractivity contribution in [1.82, 2.24) is 34.5 Å². The van der Waals surface area contributed by atoms with Crippen molar-refractivity contribution in [3.8, 4) is 11.4 Å². The van der Waals surface area contributed by atoms with Crippen molar-refractivity contribution in [3.63, 3.8) is 0 Å². The Balaban J connectivity index is 1.40. The van der Waals surface area contributed by atoms with E-state index in [2.05, 4.69) is 44.1 Å². The molecule has 1 atom stereocenters. The van der Waals surface area contributed by atoms with Gasteiger partial charge in [0.1, 0.15) is 11.8 Å². The minimum atomic E-state index is -0.161. The Hall–Kier alpha value is -3.40. The standard InChI is InChI=1S/C27H30N8OS/c1-4-37-21-10-5-17(11-28-21)12-29-25-27(36)35(16(3)18-6-7-18)26-20(33-25)13-30-24(34-26)22-15(2)31-14-32-23(22)19-8-9-19/h5,10-11,13-14,16,18-19H,4,6-9,12H2,1-3H3,(H,29,33). The number of aromatic nitrogens is 7. The minimum Gasteiger partial charge on any atom is -0.361 e. The summed E-state index contributed by atoms with van der Waals surface area (Å²) < 4.78 is 1.81. The summed E-state index contributed by atoms with van der Waals surface area (Å²) in [6, 6.07) is 4.05. The zero-order chi connectivity index (χ0) is 25.5. The van der Waals surface area contributed by atoms with Gasteiger partial charge in [0.15, 0.2) is 17.3 Å². The van der Waals surface area contributed by atoms with Crippen LogP contribution in [0, 0.1) is 12.8 Å². The number of nitrogens with one attached hydrogen (secondary N) is 1. The van der Waals surface area contributed by atoms with E-state index < -0.39 is 0 Å². The van der Waals surface area contributed by atoms with Crippen LogP contribution in [-0.2, 0) is 6.54 Å². The molecule has 0 aromatic carbocycles. The van der Waals surface area contributed by atoms with Crippen LogP contribution >= 0.6 is 11.8 Å². The fourth-order valence-electron chi connectivity index (χ4n) is 4.77. The normalized spacial score (nSPS) is 16.2. The average molecular weight is 515 g/mol. The van der Waals surface area contributed by atoms with Crippen LogP contribution in [0.3, 0.4) is 0 Å². The molecule has 0 saturated heterocycles. The number of pyridine rings is 1. The number of fused-ring (bicyclic) bond motifs is 1. The largest absolute Gasteiger partial charge is 0.361 e. The molecule has 6 rings (SSSR count). The van der Waals surface area contributed by atoms with Crippen LogP contribution in [-0.4, -0.2) is 40.2 Å². The number of nitrogens with zero attached hydrogens (tertiary/aromatic N) is 7. The topological polar surface area (TPSA) is 111 Å². The number of hydrogen-bond donors (Lipinski definition) is 1. The Morgan fingerprint density at radius 1 is 1.08 bits per heavy atom. The van der Waals surface area contributed by atoms with E-state index in [-0.39, 0.29) is 11.6 Å². The summed E-state index contributed by atoms with van der Waals surface area (Å²) >= 11 is 1.70. The second kappa shape index (κ2) is 9.81. The van der Waals surface area contributed by atoms with Gasteiger partial charge in [0, 0.05) is 24.7 Å². The number of anilines is 1. The second-order valence-corrected chi connectivity index (χ2v) is 11.2. The molecule has 2 fully saturated rings. The quantitative estimate of drug-likeness (QED) is 0.311. The molecule has 10 heteroatoms. The van der Waals surface area contributed by atoms with Gasteiger partial charge in [0.2, 0.25) is 0 Å². The summed E-state index contributed by atoms with van der Waals surface area (Å²) in [5.74, 6) is 2.74. The molecule has 37 heavy (non-hydrogen) atoms. The van der Waals surface area contributed by atoms with E-state index in [1.165, 1.54) is 0 Å². The summed E-state index contributed by atoms with van der Waals surface area (Å²) in [5, 5.41) is 4.24. The first-order valence-corrected chi connectivity index (χ1v) is 13.9. The van der Waals surface area contributed by atoms with Crippen molar-refractivity contribution in [2.75, 3.05) is 11.1 Å². The Morgan fingerprint density at radius 2 is 1.92 bits per heavy atom. The molecular formula is C27H30N8OS. The first-order valence-electron chi connectivity index (χ1n) is 13.0. The molecule has 4 heterocycles. The Kier molecular flexibility index (Phi) is 6.36. The van der Waals surface area contributed by atoms with Gasteiger partial charge in [-0.3, -0.25) is 9.36 Å². The molecule has 0 spiro atoms. The highest BCUT2D eigenvalue weighted by atomic mass is 32.2. The molecule has 0 radical (unpaired) electrons. The van der Waals surface area contributed by atoms with Crippen LogP contribution in [0.25, 0.3) is 22.6 Å². The number of rotatable bonds is 9. The van der Waals surface area contributed by atoms with Crippen molar-refractivity contribution in [3.05, 3.63) is 58.2 Å². The fourth-order valence-corrected chi connectivity index (χ4v) is 5.36. The van der Waals surface area contributed by atoms with Gasteiger partial charge in [0.05, 0.1) is 28.2 Å². The molecule has 2 aliphatic carbocycles. The lowest BCUT2D eigenvalue weighted by Gasteiger charge is -2.19. The molecule has 9 nitrogen and oxygen atoms in total. The third-order valence-corrected chi connectivity index (χ3v) is 7.97. The van der Waals surface area contributed by atoms with Crippen molar-refractivity contribution < 1.29 is 0 Å². The maximum atomic E-state index is 13.8. The SMILES string of the molecule is CCSc1ccc(CNc2nc3cnc(-c4c(C)ncnc4C4CC4)nc3n(C(C)C3CC3)c2=O)cn1. The third-order valence-electron chi connectivity index (χ3n) is 7.15. The van der Waals surface area contributed by atoms with E-state index in [1.807, 2.05) is 29.8 Å². The van der Waals surface area contributed by atoms with Crippen molar-refractivity contribution in [2.24, 2.45) is 5.92 Å². The van der Waals surface area contributed by atoms with Crippen molar-refractivity contribution in [1.29, 1.82) is 0 Å². The summed E-state index contributed by atoms with van der Waals surface area (Å²) in [6.45, 7) is 6.63. The van der Waals surface area contributed by atoms with E-state index in [0.29, 0.717) is 41.2 Å². The van der Waals surface area contributed by atoms with E-state index in [4.69, 9.17) is 4.98 Å². The van der Waals surface area contributed by atoms with Gasteiger partial charge in [-0.2, -0.15) is 0 Å². The summed E-state index contributed by atoms with van der Waals surface area (Å²) in [5.41, 5.74) is 4.71. The first-order chi connectivity index (χ1) is 18.0. The fraction of sp³-hybridized carbons (Fsp3) is 0.444. The zero-order valence-corrected chi connectivity index (χ0v) is 22.1. The lowest BCUT2D eigenvalue weighted by molar-refractivity contribution is 0.482. The zero-order valence-electron chi connectivity index (χ0n) is 21.3. The highest BCUT2D eigenvalue weighted by molar-refractivity contribution is 7.99. The highest BCUT2D eigenvalue weighted by Gasteiger charge is 2.33. The van der Waals surface area contributed by atoms with Crippen LogP contribution in [0.1, 0.15) is 68.4 Å². The summed E-state index contributed by atoms with van der Waals surface area (Å²) in [4.78, 5) is 41.5. The Labute approximate surface area is 219 Å². The number of thioether (sulfide) groups is 1. The predicted octanol–water partition coefficient (Wildman–Crippen LogP) is 4.92. The number of aryl methyl sites for hydroxylation is 1. The molecule has 4 aromatic heterocycles. The lowest BCUT2D eigenvalue weighted by atomic mass is 10.1. The van der Waals surface area contributed by atoms with Crippen LogP contribution in [0.15, 0.2) is 40.7 Å². The molecule has 1 unspecified atom stereocenters. The smallest absolute Gasteiger partial charge is 0.295 e. The summed E-state index contributed by atoms with van der Waals surface area (Å²) in [7, 11) is 0. The van der Waals surface area contributed by atoms with Crippen LogP contribution in [0.4, 0.5) is 5.82 Å². The Morgan fingerprint density at radius 3 is 2.62 bits per heavy atom. The average Bonchev–Trinajstić information content (AvgIpc) is 3.82. The first kappa shape index (κ1) is 24.0. The molecular weight excluding hydrogens is 484 g/mol. The lowest BCUT2D eigenvalue weighted by Crippen LogP contribution is -2.29. The van der Waals surface area contributed by atoms with E-state index in [9.17, 15) is 4.79 Å². The van der Waals surface area contributed by atoms with Gasteiger partial charge in [-0.1, -0.05) is 13.0 Å². The van der Waals surface area contributed by atoms with Crippen molar-refractivity contribution >= 4 is 28.7 Å². The third kappa shape index (κ3) is 4.82. The van der Waals surface area contributed by atoms with Gasteiger partial charge in [-0.05, 0) is 62.8 Å². The van der Waals surface area contributed by atoms with Crippen LogP contribution < -0.4 is 10.9 Å². The van der Waals surface area contributed by atoms with E-state index in [0.717, 1.165) is 59.0 Å². The highest BCUT2D eigenvalue weighted by Crippen LogP contribution is 2.43. The molecule has 190 valence electrons. The van der Waals surface area contributed by atoms with E-state index in [1.54, 1.807) is 24.3 Å². The molecule has 4 aromatic rings. The van der Waals surface area contributed by atoms with Gasteiger partial charge >= 0.3 is 0 Å². The molecule has 2 saturated carbocycles. The van der Waals surface area contributed by atoms with Crippen molar-refractivity contribution in [2.45, 2.75) is 70.0 Å².